The average molecular weight is 334 g/mol. The summed E-state index contributed by atoms with van der Waals surface area (Å²) in [7, 11) is 0. The maximum absolute atomic E-state index is 5.70. The van der Waals surface area contributed by atoms with Crippen LogP contribution in [0.3, 0.4) is 0 Å². The fraction of sp³-hybridized carbons (Fsp3) is 0.0714. The zero-order valence-electron chi connectivity index (χ0n) is 10.0. The highest BCUT2D eigenvalue weighted by atomic mass is 79.9. The summed E-state index contributed by atoms with van der Waals surface area (Å²) in [5, 5.41) is 3.21. The lowest BCUT2D eigenvalue weighted by Gasteiger charge is -2.15. The minimum Gasteiger partial charge on any atom is -0.271 e. The SMILES string of the molecule is NNC(c1csc(Br)c1)c1cnc2ccccc2c1. The number of pyridine rings is 1. The lowest BCUT2D eigenvalue weighted by atomic mass is 10.0. The van der Waals surface area contributed by atoms with Gasteiger partial charge >= 0.3 is 0 Å². The van der Waals surface area contributed by atoms with Crippen LogP contribution in [0.4, 0.5) is 0 Å². The van der Waals surface area contributed by atoms with E-state index in [1.54, 1.807) is 11.3 Å². The maximum atomic E-state index is 5.70. The number of fused-ring (bicyclic) bond motifs is 1. The van der Waals surface area contributed by atoms with Crippen molar-refractivity contribution >= 4 is 38.2 Å². The molecule has 0 saturated heterocycles. The summed E-state index contributed by atoms with van der Waals surface area (Å²) < 4.78 is 1.09. The van der Waals surface area contributed by atoms with E-state index in [0.29, 0.717) is 0 Å². The number of nitrogens with one attached hydrogen (secondary N) is 1. The Kier molecular flexibility index (Phi) is 3.61. The molecule has 0 aliphatic heterocycles. The molecule has 0 fully saturated rings. The van der Waals surface area contributed by atoms with Gasteiger partial charge in [-0.3, -0.25) is 10.8 Å². The van der Waals surface area contributed by atoms with Crippen LogP contribution in [0.2, 0.25) is 0 Å². The molecule has 0 spiro atoms. The third kappa shape index (κ3) is 2.55. The number of benzene rings is 1. The molecule has 5 heteroatoms. The lowest BCUT2D eigenvalue weighted by molar-refractivity contribution is 0.637. The minimum atomic E-state index is -0.0420. The predicted molar refractivity (Wildman–Crippen MR) is 82.9 cm³/mol. The first kappa shape index (κ1) is 12.7. The van der Waals surface area contributed by atoms with Crippen LogP contribution in [0, 0.1) is 0 Å². The molecule has 0 saturated carbocycles. The monoisotopic (exact) mass is 333 g/mol. The highest BCUT2D eigenvalue weighted by molar-refractivity contribution is 9.11. The van der Waals surface area contributed by atoms with Gasteiger partial charge in [0.1, 0.15) is 0 Å². The number of thiophene rings is 1. The van der Waals surface area contributed by atoms with Gasteiger partial charge in [-0.1, -0.05) is 18.2 Å². The maximum Gasteiger partial charge on any atom is 0.0733 e. The summed E-state index contributed by atoms with van der Waals surface area (Å²) in [6.45, 7) is 0. The molecule has 0 aliphatic carbocycles. The molecule has 96 valence electrons. The Morgan fingerprint density at radius 1 is 1.21 bits per heavy atom. The van der Waals surface area contributed by atoms with E-state index in [4.69, 9.17) is 5.84 Å². The molecule has 0 bridgehead atoms. The number of rotatable bonds is 3. The van der Waals surface area contributed by atoms with Crippen LogP contribution in [0.15, 0.2) is 51.8 Å². The highest BCUT2D eigenvalue weighted by Crippen LogP contribution is 2.29. The molecule has 3 nitrogen and oxygen atoms in total. The van der Waals surface area contributed by atoms with E-state index in [1.807, 2.05) is 24.4 Å². The molecule has 0 aliphatic rings. The van der Waals surface area contributed by atoms with Crippen molar-refractivity contribution in [1.29, 1.82) is 0 Å². The highest BCUT2D eigenvalue weighted by Gasteiger charge is 2.14. The van der Waals surface area contributed by atoms with Crippen molar-refractivity contribution < 1.29 is 0 Å². The second-order valence-corrected chi connectivity index (χ2v) is 6.54. The van der Waals surface area contributed by atoms with Crippen molar-refractivity contribution in [2.45, 2.75) is 6.04 Å². The van der Waals surface area contributed by atoms with E-state index in [-0.39, 0.29) is 6.04 Å². The van der Waals surface area contributed by atoms with Crippen molar-refractivity contribution in [2.75, 3.05) is 0 Å². The van der Waals surface area contributed by atoms with Gasteiger partial charge in [-0.05, 0) is 50.6 Å². The van der Waals surface area contributed by atoms with Gasteiger partial charge in [0.05, 0.1) is 15.3 Å². The smallest absolute Gasteiger partial charge is 0.0733 e. The number of para-hydroxylation sites is 1. The fourth-order valence-corrected chi connectivity index (χ4v) is 3.31. The molecule has 3 rings (SSSR count). The van der Waals surface area contributed by atoms with Crippen LogP contribution in [0.25, 0.3) is 10.9 Å². The third-order valence-corrected chi connectivity index (χ3v) is 4.56. The van der Waals surface area contributed by atoms with E-state index in [0.717, 1.165) is 25.8 Å². The van der Waals surface area contributed by atoms with E-state index in [2.05, 4.69) is 49.9 Å². The third-order valence-electron chi connectivity index (χ3n) is 3.03. The molecular weight excluding hydrogens is 322 g/mol. The molecule has 1 atom stereocenters. The Morgan fingerprint density at radius 2 is 2.05 bits per heavy atom. The second-order valence-electron chi connectivity index (χ2n) is 4.25. The summed E-state index contributed by atoms with van der Waals surface area (Å²) in [6, 6.07) is 12.2. The van der Waals surface area contributed by atoms with Gasteiger partial charge in [0.15, 0.2) is 0 Å². The van der Waals surface area contributed by atoms with Gasteiger partial charge in [0.25, 0.3) is 0 Å². The van der Waals surface area contributed by atoms with Crippen LogP contribution in [0.5, 0.6) is 0 Å². The van der Waals surface area contributed by atoms with Crippen LogP contribution >= 0.6 is 27.3 Å². The fourth-order valence-electron chi connectivity index (χ4n) is 2.11. The predicted octanol–water partition coefficient (Wildman–Crippen LogP) is 3.61. The van der Waals surface area contributed by atoms with Crippen LogP contribution in [-0.4, -0.2) is 4.98 Å². The van der Waals surface area contributed by atoms with Crippen molar-refractivity contribution in [2.24, 2.45) is 5.84 Å². The van der Waals surface area contributed by atoms with E-state index < -0.39 is 0 Å². The van der Waals surface area contributed by atoms with Gasteiger partial charge in [-0.25, -0.2) is 5.43 Å². The van der Waals surface area contributed by atoms with Gasteiger partial charge in [0.2, 0.25) is 0 Å². The molecule has 19 heavy (non-hydrogen) atoms. The molecule has 2 aromatic heterocycles. The van der Waals surface area contributed by atoms with Crippen LogP contribution in [0.1, 0.15) is 17.2 Å². The molecule has 0 amide bonds. The first-order chi connectivity index (χ1) is 9.28. The topological polar surface area (TPSA) is 50.9 Å². The summed E-state index contributed by atoms with van der Waals surface area (Å²) in [6.07, 6.45) is 1.87. The zero-order chi connectivity index (χ0) is 13.2. The summed E-state index contributed by atoms with van der Waals surface area (Å²) in [5.74, 6) is 5.70. The quantitative estimate of drug-likeness (QED) is 0.568. The van der Waals surface area contributed by atoms with Gasteiger partial charge in [-0.2, -0.15) is 0 Å². The Morgan fingerprint density at radius 3 is 2.79 bits per heavy atom. The summed E-state index contributed by atoms with van der Waals surface area (Å²) in [5.41, 5.74) is 6.05. The van der Waals surface area contributed by atoms with Crippen LogP contribution in [-0.2, 0) is 0 Å². The van der Waals surface area contributed by atoms with Crippen molar-refractivity contribution in [3.8, 4) is 0 Å². The summed E-state index contributed by atoms with van der Waals surface area (Å²) in [4.78, 5) is 4.48. The first-order valence-corrected chi connectivity index (χ1v) is 7.50. The Balaban J connectivity index is 2.06. The number of aromatic nitrogens is 1. The van der Waals surface area contributed by atoms with Gasteiger partial charge in [-0.15, -0.1) is 11.3 Å². The number of hydrazine groups is 1. The molecular formula is C14H12BrN3S. The molecule has 2 heterocycles. The largest absolute Gasteiger partial charge is 0.271 e. The number of hydrogen-bond donors (Lipinski definition) is 2. The summed E-state index contributed by atoms with van der Waals surface area (Å²) >= 11 is 5.12. The number of nitrogens with zero attached hydrogens (tertiary/aromatic N) is 1. The number of hydrogen-bond acceptors (Lipinski definition) is 4. The lowest BCUT2D eigenvalue weighted by Crippen LogP contribution is -2.28. The number of nitrogens with two attached hydrogens (primary N) is 1. The Labute approximate surface area is 123 Å². The van der Waals surface area contributed by atoms with Crippen molar-refractivity contribution in [1.82, 2.24) is 10.4 Å². The van der Waals surface area contributed by atoms with Crippen LogP contribution < -0.4 is 11.3 Å². The Hall–Kier alpha value is -1.27. The normalized spacial score (nSPS) is 12.7. The molecule has 3 N–H and O–H groups in total. The van der Waals surface area contributed by atoms with E-state index >= 15 is 0 Å². The molecule has 1 unspecified atom stereocenters. The number of halogens is 1. The Bertz CT molecular complexity index is 710. The molecule has 3 aromatic rings. The minimum absolute atomic E-state index is 0.0420. The average Bonchev–Trinajstić information content (AvgIpc) is 2.86. The van der Waals surface area contributed by atoms with Gasteiger partial charge < -0.3 is 0 Å². The zero-order valence-corrected chi connectivity index (χ0v) is 12.4. The molecule has 1 aromatic carbocycles. The first-order valence-electron chi connectivity index (χ1n) is 5.82. The molecule has 0 radical (unpaired) electrons. The second kappa shape index (κ2) is 5.38. The van der Waals surface area contributed by atoms with Gasteiger partial charge in [0, 0.05) is 11.6 Å². The standard InChI is InChI=1S/C14H12BrN3S/c15-13-6-11(8-19-13)14(18-16)10-5-9-3-1-2-4-12(9)17-7-10/h1-8,14,18H,16H2. The van der Waals surface area contributed by atoms with E-state index in [1.165, 1.54) is 0 Å². The van der Waals surface area contributed by atoms with Crippen molar-refractivity contribution in [3.05, 3.63) is 62.9 Å². The van der Waals surface area contributed by atoms with Crippen molar-refractivity contribution in [3.63, 3.8) is 0 Å². The van der Waals surface area contributed by atoms with E-state index in [9.17, 15) is 0 Å².